The molecule has 1 heterocycles. The largest absolute Gasteiger partial charge is 0.384 e. The molecular formula is C14H19N3S. The van der Waals surface area contributed by atoms with Gasteiger partial charge in [-0.1, -0.05) is 31.2 Å². The van der Waals surface area contributed by atoms with Crippen molar-refractivity contribution in [3.8, 4) is 0 Å². The van der Waals surface area contributed by atoms with Gasteiger partial charge in [-0.15, -0.1) is 11.8 Å². The normalized spacial score (nSPS) is 10.8. The number of aryl methyl sites for hydroxylation is 1. The van der Waals surface area contributed by atoms with E-state index >= 15 is 0 Å². The van der Waals surface area contributed by atoms with Gasteiger partial charge in [-0.25, -0.2) is 4.68 Å². The molecule has 0 saturated heterocycles. The Bertz CT molecular complexity index is 520. The molecule has 0 atom stereocenters. The van der Waals surface area contributed by atoms with Gasteiger partial charge in [0.15, 0.2) is 0 Å². The van der Waals surface area contributed by atoms with Crippen LogP contribution in [0.1, 0.15) is 24.5 Å². The summed E-state index contributed by atoms with van der Waals surface area (Å²) in [5, 5.41) is 5.55. The summed E-state index contributed by atoms with van der Waals surface area (Å²) in [6.07, 6.45) is 1.15. The summed E-state index contributed by atoms with van der Waals surface area (Å²) in [6, 6.07) is 10.3. The number of nitrogen functional groups attached to an aromatic ring is 1. The fourth-order valence-corrected chi connectivity index (χ4v) is 2.53. The highest BCUT2D eigenvalue weighted by molar-refractivity contribution is 7.99. The van der Waals surface area contributed by atoms with Crippen molar-refractivity contribution in [2.24, 2.45) is 0 Å². The molecule has 0 unspecified atom stereocenters. The van der Waals surface area contributed by atoms with Gasteiger partial charge in [-0.05, 0) is 30.2 Å². The van der Waals surface area contributed by atoms with Crippen molar-refractivity contribution in [3.63, 3.8) is 0 Å². The minimum Gasteiger partial charge on any atom is -0.384 e. The second-order valence-electron chi connectivity index (χ2n) is 4.34. The van der Waals surface area contributed by atoms with Gasteiger partial charge in [0.05, 0.1) is 6.54 Å². The monoisotopic (exact) mass is 261 g/mol. The molecule has 2 aromatic rings. The Labute approximate surface area is 112 Å². The second-order valence-corrected chi connectivity index (χ2v) is 5.46. The quantitative estimate of drug-likeness (QED) is 0.840. The van der Waals surface area contributed by atoms with Crippen LogP contribution in [0, 0.1) is 6.92 Å². The lowest BCUT2D eigenvalue weighted by molar-refractivity contribution is 0.672. The van der Waals surface area contributed by atoms with E-state index in [-0.39, 0.29) is 0 Å². The van der Waals surface area contributed by atoms with E-state index in [2.05, 4.69) is 37.1 Å². The Hall–Kier alpha value is -1.42. The zero-order chi connectivity index (χ0) is 13.0. The highest BCUT2D eigenvalue weighted by Gasteiger charge is 2.06. The van der Waals surface area contributed by atoms with Gasteiger partial charge < -0.3 is 5.73 Å². The average Bonchev–Trinajstić information content (AvgIpc) is 2.70. The molecule has 2 N–H and O–H groups in total. The first-order valence-corrected chi connectivity index (χ1v) is 7.20. The summed E-state index contributed by atoms with van der Waals surface area (Å²) in [6.45, 7) is 5.02. The summed E-state index contributed by atoms with van der Waals surface area (Å²) >= 11 is 1.76. The summed E-state index contributed by atoms with van der Waals surface area (Å²) in [5.74, 6) is 1.82. The van der Waals surface area contributed by atoms with Gasteiger partial charge in [0.1, 0.15) is 10.8 Å². The van der Waals surface area contributed by atoms with Crippen LogP contribution in [0.2, 0.25) is 0 Å². The van der Waals surface area contributed by atoms with E-state index < -0.39 is 0 Å². The molecule has 0 spiro atoms. The molecule has 0 bridgehead atoms. The molecule has 0 aliphatic rings. The molecular weight excluding hydrogens is 242 g/mol. The summed E-state index contributed by atoms with van der Waals surface area (Å²) in [4.78, 5) is 0. The number of thioether (sulfide) groups is 1. The molecule has 1 aromatic carbocycles. The fourth-order valence-electron chi connectivity index (χ4n) is 1.76. The maximum absolute atomic E-state index is 6.00. The van der Waals surface area contributed by atoms with Gasteiger partial charge in [-0.3, -0.25) is 0 Å². The molecule has 0 aliphatic carbocycles. The third kappa shape index (κ3) is 3.07. The molecule has 2 rings (SSSR count). The zero-order valence-corrected chi connectivity index (χ0v) is 11.7. The molecule has 0 aliphatic heterocycles. The Kier molecular flexibility index (Phi) is 4.31. The Balaban J connectivity index is 2.14. The van der Waals surface area contributed by atoms with Gasteiger partial charge in [-0.2, -0.15) is 5.10 Å². The molecule has 3 nitrogen and oxygen atoms in total. The van der Waals surface area contributed by atoms with E-state index in [0.717, 1.165) is 29.6 Å². The molecule has 18 heavy (non-hydrogen) atoms. The van der Waals surface area contributed by atoms with Crippen molar-refractivity contribution in [2.75, 3.05) is 11.5 Å². The van der Waals surface area contributed by atoms with Crippen LogP contribution in [0.3, 0.4) is 0 Å². The first-order chi connectivity index (χ1) is 8.70. The fraction of sp³-hybridized carbons (Fsp3) is 0.357. The lowest BCUT2D eigenvalue weighted by Gasteiger charge is -2.07. The van der Waals surface area contributed by atoms with E-state index in [9.17, 15) is 0 Å². The highest BCUT2D eigenvalue weighted by Crippen LogP contribution is 2.21. The van der Waals surface area contributed by atoms with Crippen molar-refractivity contribution in [1.82, 2.24) is 9.78 Å². The van der Waals surface area contributed by atoms with Crippen molar-refractivity contribution < 1.29 is 0 Å². The second kappa shape index (κ2) is 5.96. The molecule has 0 radical (unpaired) electrons. The van der Waals surface area contributed by atoms with Crippen LogP contribution in [0.25, 0.3) is 0 Å². The Morgan fingerprint density at radius 3 is 2.83 bits per heavy atom. The number of aromatic nitrogens is 2. The van der Waals surface area contributed by atoms with Crippen LogP contribution in [-0.4, -0.2) is 15.5 Å². The number of hydrogen-bond donors (Lipinski definition) is 1. The maximum Gasteiger partial charge on any atom is 0.123 e. The predicted octanol–water partition coefficient (Wildman–Crippen LogP) is 3.32. The molecule has 1 aromatic heterocycles. The van der Waals surface area contributed by atoms with Crippen LogP contribution >= 0.6 is 11.8 Å². The molecule has 4 heteroatoms. The van der Waals surface area contributed by atoms with Crippen molar-refractivity contribution in [3.05, 3.63) is 41.5 Å². The smallest absolute Gasteiger partial charge is 0.123 e. The van der Waals surface area contributed by atoms with Gasteiger partial charge >= 0.3 is 0 Å². The maximum atomic E-state index is 6.00. The minimum absolute atomic E-state index is 0.733. The average molecular weight is 261 g/mol. The SMILES string of the molecule is CCCSc1cc(N)n(Cc2ccccc2C)n1. The molecule has 0 fully saturated rings. The van der Waals surface area contributed by atoms with Gasteiger partial charge in [0, 0.05) is 6.07 Å². The number of nitrogens with zero attached hydrogens (tertiary/aromatic N) is 2. The van der Waals surface area contributed by atoms with Gasteiger partial charge in [0.25, 0.3) is 0 Å². The highest BCUT2D eigenvalue weighted by atomic mass is 32.2. The lowest BCUT2D eigenvalue weighted by Crippen LogP contribution is -2.06. The first kappa shape index (κ1) is 13.0. The Morgan fingerprint density at radius 2 is 2.11 bits per heavy atom. The van der Waals surface area contributed by atoms with Crippen molar-refractivity contribution in [2.45, 2.75) is 31.8 Å². The number of nitrogens with two attached hydrogens (primary N) is 1. The minimum atomic E-state index is 0.733. The third-order valence-electron chi connectivity index (χ3n) is 2.82. The topological polar surface area (TPSA) is 43.8 Å². The van der Waals surface area contributed by atoms with E-state index in [1.165, 1.54) is 11.1 Å². The van der Waals surface area contributed by atoms with E-state index in [0.29, 0.717) is 0 Å². The number of benzene rings is 1. The predicted molar refractivity (Wildman–Crippen MR) is 77.9 cm³/mol. The first-order valence-electron chi connectivity index (χ1n) is 6.21. The lowest BCUT2D eigenvalue weighted by atomic mass is 10.1. The standard InChI is InChI=1S/C14H19N3S/c1-3-8-18-14-9-13(15)17(16-14)10-12-7-5-4-6-11(12)2/h4-7,9H,3,8,10,15H2,1-2H3. The van der Waals surface area contributed by atoms with Crippen LogP contribution in [0.15, 0.2) is 35.4 Å². The van der Waals surface area contributed by atoms with Crippen LogP contribution in [0.4, 0.5) is 5.82 Å². The van der Waals surface area contributed by atoms with E-state index in [1.807, 2.05) is 16.8 Å². The van der Waals surface area contributed by atoms with Crippen LogP contribution in [0.5, 0.6) is 0 Å². The summed E-state index contributed by atoms with van der Waals surface area (Å²) in [5.41, 5.74) is 8.53. The van der Waals surface area contributed by atoms with Crippen molar-refractivity contribution in [1.29, 1.82) is 0 Å². The molecule has 96 valence electrons. The molecule has 0 saturated carbocycles. The number of hydrogen-bond acceptors (Lipinski definition) is 3. The summed E-state index contributed by atoms with van der Waals surface area (Å²) in [7, 11) is 0. The molecule has 0 amide bonds. The van der Waals surface area contributed by atoms with Crippen LogP contribution < -0.4 is 5.73 Å². The van der Waals surface area contributed by atoms with Gasteiger partial charge in [0.2, 0.25) is 0 Å². The number of anilines is 1. The number of rotatable bonds is 5. The third-order valence-corrected chi connectivity index (χ3v) is 3.93. The van der Waals surface area contributed by atoms with E-state index in [4.69, 9.17) is 5.73 Å². The van der Waals surface area contributed by atoms with E-state index in [1.54, 1.807) is 11.8 Å². The van der Waals surface area contributed by atoms with Crippen LogP contribution in [-0.2, 0) is 6.54 Å². The summed E-state index contributed by atoms with van der Waals surface area (Å²) < 4.78 is 1.88. The Morgan fingerprint density at radius 1 is 1.33 bits per heavy atom. The van der Waals surface area contributed by atoms with Crippen molar-refractivity contribution >= 4 is 17.6 Å². The zero-order valence-electron chi connectivity index (χ0n) is 10.9.